The van der Waals surface area contributed by atoms with Crippen LogP contribution in [0.5, 0.6) is 11.5 Å². The van der Waals surface area contributed by atoms with Crippen molar-refractivity contribution in [2.45, 2.75) is 51.3 Å². The smallest absolute Gasteiger partial charge is 0.223 e. The zero-order valence-electron chi connectivity index (χ0n) is 18.5. The first-order valence-electron chi connectivity index (χ1n) is 11.0. The van der Waals surface area contributed by atoms with E-state index in [1.165, 1.54) is 5.56 Å². The Hall–Kier alpha value is -2.24. The lowest BCUT2D eigenvalue weighted by Gasteiger charge is -2.39. The predicted octanol–water partition coefficient (Wildman–Crippen LogP) is 4.98. The highest BCUT2D eigenvalue weighted by molar-refractivity contribution is 6.30. The van der Waals surface area contributed by atoms with Crippen LogP contribution in [-0.2, 0) is 11.3 Å². The van der Waals surface area contributed by atoms with Gasteiger partial charge in [0, 0.05) is 29.5 Å². The predicted molar refractivity (Wildman–Crippen MR) is 123 cm³/mol. The van der Waals surface area contributed by atoms with Crippen LogP contribution in [0.4, 0.5) is 0 Å². The summed E-state index contributed by atoms with van der Waals surface area (Å²) in [6.07, 6.45) is 2.46. The number of piperidine rings is 1. The molecule has 1 amide bonds. The molecule has 0 radical (unpaired) electrons. The fraction of sp³-hybridized carbons (Fsp3) is 0.480. The number of likely N-dealkylation sites (tertiary alicyclic amines) is 1. The van der Waals surface area contributed by atoms with Crippen LogP contribution in [0.3, 0.4) is 0 Å². The molecule has 1 atom stereocenters. The zero-order chi connectivity index (χ0) is 22.0. The van der Waals surface area contributed by atoms with E-state index in [0.29, 0.717) is 0 Å². The number of ether oxygens (including phenoxy) is 2. The highest BCUT2D eigenvalue weighted by atomic mass is 35.5. The normalized spacial score (nSPS) is 21.1. The third-order valence-electron chi connectivity index (χ3n) is 6.24. The van der Waals surface area contributed by atoms with Crippen LogP contribution >= 0.6 is 11.6 Å². The molecular weight excluding hydrogens is 412 g/mol. The van der Waals surface area contributed by atoms with Gasteiger partial charge in [0.1, 0.15) is 17.1 Å². The molecule has 31 heavy (non-hydrogen) atoms. The van der Waals surface area contributed by atoms with E-state index in [2.05, 4.69) is 30.1 Å². The minimum Gasteiger partial charge on any atom is -0.497 e. The Morgan fingerprint density at radius 3 is 2.71 bits per heavy atom. The number of carbonyl (C=O) groups excluding carboxylic acids is 1. The molecule has 0 saturated carbocycles. The van der Waals surface area contributed by atoms with E-state index in [0.717, 1.165) is 61.0 Å². The number of methoxy groups -OCH3 is 1. The Morgan fingerprint density at radius 1 is 1.23 bits per heavy atom. The molecule has 2 aromatic carbocycles. The maximum Gasteiger partial charge on any atom is 0.223 e. The Balaban J connectivity index is 1.38. The summed E-state index contributed by atoms with van der Waals surface area (Å²) in [5, 5.41) is 4.08. The first-order chi connectivity index (χ1) is 14.8. The standard InChI is InChI=1S/C25H31ClN2O3/c1-25(2)15-22(21-14-20(30-3)7-8-23(21)31-25)27-24(29)18-9-11-28(12-10-18)16-17-5-4-6-19(26)13-17/h4-8,13-14,18,22H,9-12,15-16H2,1-3H3,(H,27,29). The molecule has 4 rings (SSSR count). The SMILES string of the molecule is COc1ccc2c(c1)C(NC(=O)C1CCN(Cc3cccc(Cl)c3)CC1)CC(C)(C)O2. The number of benzene rings is 2. The van der Waals surface area contributed by atoms with E-state index in [9.17, 15) is 4.79 Å². The van der Waals surface area contributed by atoms with Gasteiger partial charge in [0.15, 0.2) is 0 Å². The summed E-state index contributed by atoms with van der Waals surface area (Å²) in [6, 6.07) is 13.7. The van der Waals surface area contributed by atoms with E-state index in [4.69, 9.17) is 21.1 Å². The molecule has 1 N–H and O–H groups in total. The Morgan fingerprint density at radius 2 is 2.00 bits per heavy atom. The fourth-order valence-electron chi connectivity index (χ4n) is 4.62. The molecule has 0 aromatic heterocycles. The minimum atomic E-state index is -0.333. The van der Waals surface area contributed by atoms with Crippen LogP contribution in [0.25, 0.3) is 0 Å². The van der Waals surface area contributed by atoms with Crippen LogP contribution in [0, 0.1) is 5.92 Å². The quantitative estimate of drug-likeness (QED) is 0.709. The molecule has 1 unspecified atom stereocenters. The van der Waals surface area contributed by atoms with Crippen LogP contribution in [0.2, 0.25) is 5.02 Å². The van der Waals surface area contributed by atoms with Gasteiger partial charge in [-0.15, -0.1) is 0 Å². The topological polar surface area (TPSA) is 50.8 Å². The summed E-state index contributed by atoms with van der Waals surface area (Å²) in [7, 11) is 1.65. The van der Waals surface area contributed by atoms with Gasteiger partial charge < -0.3 is 14.8 Å². The van der Waals surface area contributed by atoms with E-state index in [-0.39, 0.29) is 23.5 Å². The Bertz CT molecular complexity index is 938. The summed E-state index contributed by atoms with van der Waals surface area (Å²) in [5.74, 6) is 1.77. The molecule has 2 heterocycles. The summed E-state index contributed by atoms with van der Waals surface area (Å²) < 4.78 is 11.5. The number of hydrogen-bond acceptors (Lipinski definition) is 4. The fourth-order valence-corrected chi connectivity index (χ4v) is 4.84. The molecule has 0 bridgehead atoms. The summed E-state index contributed by atoms with van der Waals surface area (Å²) >= 11 is 6.11. The van der Waals surface area contributed by atoms with Gasteiger partial charge in [-0.25, -0.2) is 0 Å². The van der Waals surface area contributed by atoms with Gasteiger partial charge in [-0.05, 0) is 75.7 Å². The highest BCUT2D eigenvalue weighted by Gasteiger charge is 2.36. The first kappa shape index (κ1) is 22.0. The molecule has 1 saturated heterocycles. The van der Waals surface area contributed by atoms with Crippen LogP contribution in [0.15, 0.2) is 42.5 Å². The molecule has 0 spiro atoms. The van der Waals surface area contributed by atoms with E-state index < -0.39 is 0 Å². The number of halogens is 1. The van der Waals surface area contributed by atoms with E-state index >= 15 is 0 Å². The number of nitrogens with one attached hydrogen (secondary N) is 1. The molecule has 2 aromatic rings. The van der Waals surface area contributed by atoms with Crippen LogP contribution in [0.1, 0.15) is 50.3 Å². The van der Waals surface area contributed by atoms with Gasteiger partial charge in [-0.1, -0.05) is 23.7 Å². The van der Waals surface area contributed by atoms with Gasteiger partial charge in [0.25, 0.3) is 0 Å². The van der Waals surface area contributed by atoms with Crippen LogP contribution in [-0.4, -0.2) is 36.6 Å². The van der Waals surface area contributed by atoms with Gasteiger partial charge in [-0.2, -0.15) is 0 Å². The number of carbonyl (C=O) groups is 1. The molecule has 2 aliphatic heterocycles. The highest BCUT2D eigenvalue weighted by Crippen LogP contribution is 2.41. The van der Waals surface area contributed by atoms with Crippen molar-refractivity contribution in [3.8, 4) is 11.5 Å². The van der Waals surface area contributed by atoms with Crippen molar-refractivity contribution in [1.82, 2.24) is 10.2 Å². The average Bonchev–Trinajstić information content (AvgIpc) is 2.73. The average molecular weight is 443 g/mol. The molecule has 5 nitrogen and oxygen atoms in total. The number of fused-ring (bicyclic) bond motifs is 1. The zero-order valence-corrected chi connectivity index (χ0v) is 19.2. The van der Waals surface area contributed by atoms with Crippen molar-refractivity contribution in [3.05, 3.63) is 58.6 Å². The molecule has 6 heteroatoms. The Labute approximate surface area is 189 Å². The number of amides is 1. The lowest BCUT2D eigenvalue weighted by molar-refractivity contribution is -0.127. The van der Waals surface area contributed by atoms with Gasteiger partial charge >= 0.3 is 0 Å². The van der Waals surface area contributed by atoms with Crippen LogP contribution < -0.4 is 14.8 Å². The third kappa shape index (κ3) is 5.34. The second-order valence-corrected chi connectivity index (χ2v) is 9.65. The second kappa shape index (κ2) is 9.09. The largest absolute Gasteiger partial charge is 0.497 e. The summed E-state index contributed by atoms with van der Waals surface area (Å²) in [4.78, 5) is 15.5. The van der Waals surface area contributed by atoms with Crippen molar-refractivity contribution >= 4 is 17.5 Å². The molecule has 2 aliphatic rings. The summed E-state index contributed by atoms with van der Waals surface area (Å²) in [5.41, 5.74) is 1.87. The Kier molecular flexibility index (Phi) is 6.44. The van der Waals surface area contributed by atoms with Crippen molar-refractivity contribution in [2.75, 3.05) is 20.2 Å². The lowest BCUT2D eigenvalue weighted by atomic mass is 9.88. The summed E-state index contributed by atoms with van der Waals surface area (Å²) in [6.45, 7) is 6.82. The number of nitrogens with zero attached hydrogens (tertiary/aromatic N) is 1. The molecular formula is C25H31ClN2O3. The van der Waals surface area contributed by atoms with Gasteiger partial charge in [0.05, 0.1) is 13.2 Å². The molecule has 1 fully saturated rings. The first-order valence-corrected chi connectivity index (χ1v) is 11.3. The second-order valence-electron chi connectivity index (χ2n) is 9.21. The maximum absolute atomic E-state index is 13.1. The number of rotatable bonds is 5. The number of hydrogen-bond donors (Lipinski definition) is 1. The van der Waals surface area contributed by atoms with E-state index in [1.807, 2.05) is 36.4 Å². The van der Waals surface area contributed by atoms with Gasteiger partial charge in [-0.3, -0.25) is 9.69 Å². The molecule has 0 aliphatic carbocycles. The third-order valence-corrected chi connectivity index (χ3v) is 6.48. The van der Waals surface area contributed by atoms with E-state index in [1.54, 1.807) is 7.11 Å². The lowest BCUT2D eigenvalue weighted by Crippen LogP contribution is -2.45. The van der Waals surface area contributed by atoms with Crippen molar-refractivity contribution in [1.29, 1.82) is 0 Å². The minimum absolute atomic E-state index is 0.0376. The maximum atomic E-state index is 13.1. The van der Waals surface area contributed by atoms with Crippen molar-refractivity contribution in [3.63, 3.8) is 0 Å². The van der Waals surface area contributed by atoms with Crippen molar-refractivity contribution in [2.24, 2.45) is 5.92 Å². The van der Waals surface area contributed by atoms with Crippen molar-refractivity contribution < 1.29 is 14.3 Å². The monoisotopic (exact) mass is 442 g/mol. The van der Waals surface area contributed by atoms with Gasteiger partial charge in [0.2, 0.25) is 5.91 Å². The molecule has 166 valence electrons.